The molecule has 222 valence electrons. The molecule has 2 aromatic carbocycles. The summed E-state index contributed by atoms with van der Waals surface area (Å²) in [6.45, 7) is 2.37. The van der Waals surface area contributed by atoms with Gasteiger partial charge in [-0.3, -0.25) is 4.90 Å². The number of nitrogen functional groups attached to an aromatic ring is 1. The van der Waals surface area contributed by atoms with Crippen LogP contribution in [0.3, 0.4) is 0 Å². The summed E-state index contributed by atoms with van der Waals surface area (Å²) < 4.78 is 58.8. The third-order valence-electron chi connectivity index (χ3n) is 9.44. The normalized spacial score (nSPS) is 24.7. The Bertz CT molecular complexity index is 1880. The van der Waals surface area contributed by atoms with E-state index in [1.54, 1.807) is 0 Å². The number of hydrogen-bond donors (Lipinski definition) is 1. The van der Waals surface area contributed by atoms with Crippen molar-refractivity contribution in [3.63, 3.8) is 0 Å². The Balaban J connectivity index is 1.34. The Hall–Kier alpha value is -3.53. The van der Waals surface area contributed by atoms with Gasteiger partial charge in [-0.1, -0.05) is 17.7 Å². The minimum Gasteiger partial charge on any atom is -0.489 e. The quantitative estimate of drug-likeness (QED) is 0.285. The molecule has 0 radical (unpaired) electrons. The predicted octanol–water partition coefficient (Wildman–Crippen LogP) is 6.21. The number of anilines is 2. The molecular formula is C30H26ClF3N6O2S. The van der Waals surface area contributed by atoms with Gasteiger partial charge in [-0.2, -0.15) is 15.2 Å². The van der Waals surface area contributed by atoms with E-state index in [0.717, 1.165) is 43.6 Å². The van der Waals surface area contributed by atoms with Gasteiger partial charge in [0, 0.05) is 30.5 Å². The van der Waals surface area contributed by atoms with Crippen LogP contribution in [0.15, 0.2) is 12.1 Å². The van der Waals surface area contributed by atoms with Crippen LogP contribution >= 0.6 is 22.9 Å². The number of nitrogens with zero attached hydrogens (tertiary/aromatic N) is 5. The molecular weight excluding hydrogens is 601 g/mol. The Labute approximate surface area is 253 Å². The second-order valence-corrected chi connectivity index (χ2v) is 13.2. The van der Waals surface area contributed by atoms with Crippen molar-refractivity contribution >= 4 is 54.7 Å². The first-order valence-electron chi connectivity index (χ1n) is 14.3. The fraction of sp³-hybridized carbons (Fsp3) is 0.433. The molecule has 2 aromatic heterocycles. The number of nitriles is 1. The molecule has 0 spiro atoms. The van der Waals surface area contributed by atoms with Gasteiger partial charge in [-0.05, 0) is 43.9 Å². The van der Waals surface area contributed by atoms with Crippen molar-refractivity contribution in [3.05, 3.63) is 34.4 Å². The Morgan fingerprint density at radius 3 is 2.93 bits per heavy atom. The molecule has 4 aliphatic rings. The van der Waals surface area contributed by atoms with Gasteiger partial charge in [-0.15, -0.1) is 11.3 Å². The second-order valence-electron chi connectivity index (χ2n) is 11.8. The van der Waals surface area contributed by atoms with E-state index >= 15 is 4.39 Å². The van der Waals surface area contributed by atoms with E-state index in [0.29, 0.717) is 37.3 Å². The van der Waals surface area contributed by atoms with Crippen LogP contribution in [0.5, 0.6) is 11.8 Å². The molecule has 0 saturated carbocycles. The molecule has 0 amide bonds. The molecule has 2 N–H and O–H groups in total. The van der Waals surface area contributed by atoms with E-state index in [9.17, 15) is 14.0 Å². The topological polar surface area (TPSA) is 101 Å². The number of halogens is 4. The van der Waals surface area contributed by atoms with Crippen LogP contribution in [0.25, 0.3) is 32.1 Å². The fourth-order valence-corrected chi connectivity index (χ4v) is 8.79. The Morgan fingerprint density at radius 2 is 2.09 bits per heavy atom. The van der Waals surface area contributed by atoms with Gasteiger partial charge < -0.3 is 20.1 Å². The third kappa shape index (κ3) is 3.90. The van der Waals surface area contributed by atoms with Crippen molar-refractivity contribution in [2.24, 2.45) is 0 Å². The van der Waals surface area contributed by atoms with Crippen LogP contribution in [-0.2, 0) is 0 Å². The third-order valence-corrected chi connectivity index (χ3v) is 10.8. The summed E-state index contributed by atoms with van der Waals surface area (Å²) in [4.78, 5) is 13.5. The average molecular weight is 627 g/mol. The SMILES string of the molecule is N#Cc1c(N)sc2c(F)ccc(-c3c(Cl)c4c5c(nc(OC[C@@]67CCCN6C[C@H](F)C7)nc5c3F)N3CCCC3CO4)c12. The summed E-state index contributed by atoms with van der Waals surface area (Å²) in [5.41, 5.74) is 5.75. The highest BCUT2D eigenvalue weighted by molar-refractivity contribution is 7.23. The summed E-state index contributed by atoms with van der Waals surface area (Å²) in [6, 6.07) is 4.60. The highest BCUT2D eigenvalue weighted by atomic mass is 35.5. The predicted molar refractivity (Wildman–Crippen MR) is 159 cm³/mol. The van der Waals surface area contributed by atoms with E-state index in [1.807, 2.05) is 6.07 Å². The molecule has 8 rings (SSSR count). The van der Waals surface area contributed by atoms with Crippen LogP contribution in [0.1, 0.15) is 37.7 Å². The van der Waals surface area contributed by atoms with Crippen molar-refractivity contribution < 1.29 is 22.6 Å². The monoisotopic (exact) mass is 626 g/mol. The van der Waals surface area contributed by atoms with E-state index in [4.69, 9.17) is 31.8 Å². The standard InChI is InChI=1S/C30H26ClF3N6O2S/c31-22-20(16-4-5-18(33)26-19(16)17(10-35)27(36)43-26)23(34)24-21-25(22)41-12-15-3-1-8-40(15)28(21)38-29(37-24)42-13-30-6-2-7-39(30)11-14(32)9-30/h4-5,14-15H,1-3,6-9,11-13,36H2/t14-,15?,30+/m1/s1. The van der Waals surface area contributed by atoms with Crippen molar-refractivity contribution in [3.8, 4) is 29.0 Å². The van der Waals surface area contributed by atoms with Crippen molar-refractivity contribution in [1.82, 2.24) is 14.9 Å². The molecule has 4 aliphatic heterocycles. The zero-order valence-corrected chi connectivity index (χ0v) is 24.5. The van der Waals surface area contributed by atoms with Gasteiger partial charge in [0.05, 0.1) is 32.3 Å². The second kappa shape index (κ2) is 9.74. The lowest BCUT2D eigenvalue weighted by molar-refractivity contribution is 0.107. The van der Waals surface area contributed by atoms with E-state index in [-0.39, 0.29) is 66.7 Å². The van der Waals surface area contributed by atoms with Crippen LogP contribution in [0, 0.1) is 23.0 Å². The lowest BCUT2D eigenvalue weighted by atomic mass is 9.95. The molecule has 6 heterocycles. The summed E-state index contributed by atoms with van der Waals surface area (Å²) in [7, 11) is 0. The van der Waals surface area contributed by atoms with E-state index < -0.39 is 23.3 Å². The summed E-state index contributed by atoms with van der Waals surface area (Å²) in [6.07, 6.45) is 2.99. The maximum absolute atomic E-state index is 16.9. The molecule has 8 nitrogen and oxygen atoms in total. The maximum Gasteiger partial charge on any atom is 0.319 e. The number of benzene rings is 2. The fourth-order valence-electron chi connectivity index (χ4n) is 7.50. The number of rotatable bonds is 4. The molecule has 13 heteroatoms. The lowest BCUT2D eigenvalue weighted by Gasteiger charge is -2.31. The number of hydrogen-bond acceptors (Lipinski definition) is 9. The van der Waals surface area contributed by atoms with Crippen molar-refractivity contribution in [2.45, 2.75) is 49.9 Å². The maximum atomic E-state index is 16.9. The van der Waals surface area contributed by atoms with Gasteiger partial charge in [0.25, 0.3) is 0 Å². The van der Waals surface area contributed by atoms with E-state index in [1.165, 1.54) is 12.1 Å². The minimum atomic E-state index is -0.921. The van der Waals surface area contributed by atoms with Crippen molar-refractivity contribution in [1.29, 1.82) is 5.26 Å². The lowest BCUT2D eigenvalue weighted by Crippen LogP contribution is -2.43. The highest BCUT2D eigenvalue weighted by Crippen LogP contribution is 2.51. The van der Waals surface area contributed by atoms with Crippen LogP contribution in [0.4, 0.5) is 24.0 Å². The first-order valence-corrected chi connectivity index (χ1v) is 15.5. The summed E-state index contributed by atoms with van der Waals surface area (Å²) in [5.74, 6) is -0.655. The Kier molecular flexibility index (Phi) is 6.13. The molecule has 3 fully saturated rings. The number of aromatic nitrogens is 2. The van der Waals surface area contributed by atoms with Gasteiger partial charge in [0.15, 0.2) is 11.6 Å². The van der Waals surface area contributed by atoms with Gasteiger partial charge in [-0.25, -0.2) is 13.2 Å². The van der Waals surface area contributed by atoms with Gasteiger partial charge in [0.1, 0.15) is 47.6 Å². The number of thiophene rings is 1. The van der Waals surface area contributed by atoms with Gasteiger partial charge >= 0.3 is 6.01 Å². The average Bonchev–Trinajstić information content (AvgIpc) is 3.73. The van der Waals surface area contributed by atoms with Crippen LogP contribution < -0.4 is 20.1 Å². The molecule has 0 bridgehead atoms. The number of nitrogens with two attached hydrogens (primary N) is 1. The highest BCUT2D eigenvalue weighted by Gasteiger charge is 2.49. The largest absolute Gasteiger partial charge is 0.489 e. The summed E-state index contributed by atoms with van der Waals surface area (Å²) >= 11 is 7.87. The van der Waals surface area contributed by atoms with Crippen molar-refractivity contribution in [2.75, 3.05) is 43.5 Å². The number of alkyl halides is 1. The Morgan fingerprint density at radius 1 is 1.23 bits per heavy atom. The molecule has 3 saturated heterocycles. The van der Waals surface area contributed by atoms with Gasteiger partial charge in [0.2, 0.25) is 0 Å². The molecule has 1 unspecified atom stereocenters. The zero-order chi connectivity index (χ0) is 29.6. The summed E-state index contributed by atoms with van der Waals surface area (Å²) in [5, 5.41) is 10.5. The first-order chi connectivity index (χ1) is 20.8. The smallest absolute Gasteiger partial charge is 0.319 e. The molecule has 4 aromatic rings. The van der Waals surface area contributed by atoms with E-state index in [2.05, 4.69) is 14.8 Å². The molecule has 3 atom stereocenters. The minimum absolute atomic E-state index is 0.00800. The zero-order valence-electron chi connectivity index (χ0n) is 22.9. The first kappa shape index (κ1) is 27.0. The number of fused-ring (bicyclic) bond motifs is 4. The molecule has 0 aliphatic carbocycles. The van der Waals surface area contributed by atoms with Crippen LogP contribution in [-0.4, -0.2) is 65.5 Å². The van der Waals surface area contributed by atoms with Crippen LogP contribution in [0.2, 0.25) is 5.02 Å². The number of ether oxygens (including phenoxy) is 2. The molecule has 43 heavy (non-hydrogen) atoms.